The Balaban J connectivity index is 2.28. The van der Waals surface area contributed by atoms with Crippen molar-refractivity contribution >= 4 is 0 Å². The number of aliphatic hydroxyl groups excluding tert-OH is 1. The van der Waals surface area contributed by atoms with Crippen molar-refractivity contribution in [1.29, 1.82) is 0 Å². The van der Waals surface area contributed by atoms with Crippen LogP contribution in [-0.4, -0.2) is 5.11 Å². The second-order valence-corrected chi connectivity index (χ2v) is 4.03. The molecule has 0 bridgehead atoms. The maximum Gasteiger partial charge on any atom is 0.0893 e. The zero-order valence-corrected chi connectivity index (χ0v) is 9.66. The maximum absolute atomic E-state index is 10.4. The maximum atomic E-state index is 10.4. The van der Waals surface area contributed by atoms with E-state index in [0.717, 1.165) is 11.1 Å². The fourth-order valence-corrected chi connectivity index (χ4v) is 1.98. The van der Waals surface area contributed by atoms with Gasteiger partial charge in [-0.05, 0) is 11.1 Å². The largest absolute Gasteiger partial charge is 0.387 e. The van der Waals surface area contributed by atoms with Crippen LogP contribution in [0.1, 0.15) is 23.1 Å². The van der Waals surface area contributed by atoms with Gasteiger partial charge in [-0.2, -0.15) is 0 Å². The lowest BCUT2D eigenvalue weighted by molar-refractivity contribution is 0.162. The molecular formula is C16H16O. The van der Waals surface area contributed by atoms with Crippen LogP contribution in [0, 0.1) is 0 Å². The summed E-state index contributed by atoms with van der Waals surface area (Å²) >= 11 is 0. The smallest absolute Gasteiger partial charge is 0.0893 e. The highest BCUT2D eigenvalue weighted by molar-refractivity contribution is 5.29. The molecule has 1 N–H and O–H groups in total. The van der Waals surface area contributed by atoms with E-state index >= 15 is 0 Å². The minimum Gasteiger partial charge on any atom is -0.387 e. The van der Waals surface area contributed by atoms with E-state index < -0.39 is 6.10 Å². The van der Waals surface area contributed by atoms with Crippen molar-refractivity contribution < 1.29 is 5.11 Å². The predicted octanol–water partition coefficient (Wildman–Crippen LogP) is 3.69. The second kappa shape index (κ2) is 5.46. The average Bonchev–Trinajstić information content (AvgIpc) is 2.42. The summed E-state index contributed by atoms with van der Waals surface area (Å²) in [4.78, 5) is 0. The normalized spacial score (nSPS) is 13.9. The van der Waals surface area contributed by atoms with E-state index in [1.54, 1.807) is 6.08 Å². The van der Waals surface area contributed by atoms with E-state index in [-0.39, 0.29) is 5.92 Å². The molecule has 0 aromatic heterocycles. The van der Waals surface area contributed by atoms with E-state index in [4.69, 9.17) is 0 Å². The van der Waals surface area contributed by atoms with Crippen molar-refractivity contribution in [3.8, 4) is 0 Å². The van der Waals surface area contributed by atoms with Gasteiger partial charge in [0.2, 0.25) is 0 Å². The minimum absolute atomic E-state index is 0.0707. The third-order valence-electron chi connectivity index (χ3n) is 2.92. The van der Waals surface area contributed by atoms with E-state index in [1.165, 1.54) is 0 Å². The van der Waals surface area contributed by atoms with Crippen LogP contribution in [0.5, 0.6) is 0 Å². The van der Waals surface area contributed by atoms with Gasteiger partial charge in [0.05, 0.1) is 6.10 Å². The Bertz CT molecular complexity index is 461. The lowest BCUT2D eigenvalue weighted by atomic mass is 9.89. The molecule has 0 saturated heterocycles. The highest BCUT2D eigenvalue weighted by Gasteiger charge is 2.19. The first-order valence-electron chi connectivity index (χ1n) is 5.73. The fourth-order valence-electron chi connectivity index (χ4n) is 1.98. The van der Waals surface area contributed by atoms with Crippen molar-refractivity contribution in [2.75, 3.05) is 0 Å². The van der Waals surface area contributed by atoms with Crippen molar-refractivity contribution in [3.05, 3.63) is 84.4 Å². The van der Waals surface area contributed by atoms with Crippen molar-refractivity contribution in [1.82, 2.24) is 0 Å². The molecule has 0 spiro atoms. The van der Waals surface area contributed by atoms with Gasteiger partial charge in [0.15, 0.2) is 0 Å². The molecule has 0 aliphatic heterocycles. The van der Waals surface area contributed by atoms with Crippen LogP contribution in [0.25, 0.3) is 0 Å². The Labute approximate surface area is 102 Å². The highest BCUT2D eigenvalue weighted by atomic mass is 16.3. The summed E-state index contributed by atoms with van der Waals surface area (Å²) < 4.78 is 0. The number of hydrogen-bond donors (Lipinski definition) is 1. The highest BCUT2D eigenvalue weighted by Crippen LogP contribution is 2.31. The molecule has 0 aliphatic carbocycles. The molecule has 2 aromatic carbocycles. The summed E-state index contributed by atoms with van der Waals surface area (Å²) in [7, 11) is 0. The molecule has 0 unspecified atom stereocenters. The van der Waals surface area contributed by atoms with Crippen molar-refractivity contribution in [2.24, 2.45) is 0 Å². The Morgan fingerprint density at radius 2 is 1.29 bits per heavy atom. The first kappa shape index (κ1) is 11.6. The molecular weight excluding hydrogens is 208 g/mol. The molecule has 0 heterocycles. The third-order valence-corrected chi connectivity index (χ3v) is 2.92. The van der Waals surface area contributed by atoms with Crippen molar-refractivity contribution in [2.45, 2.75) is 12.0 Å². The first-order valence-corrected chi connectivity index (χ1v) is 5.73. The van der Waals surface area contributed by atoms with Gasteiger partial charge in [-0.15, -0.1) is 6.58 Å². The summed E-state index contributed by atoms with van der Waals surface area (Å²) in [5.41, 5.74) is 2.00. The van der Waals surface area contributed by atoms with E-state index in [0.29, 0.717) is 0 Å². The molecule has 1 heteroatoms. The molecule has 0 saturated carbocycles. The van der Waals surface area contributed by atoms with Crippen LogP contribution in [0.15, 0.2) is 73.3 Å². The molecule has 86 valence electrons. The van der Waals surface area contributed by atoms with Gasteiger partial charge < -0.3 is 5.11 Å². The zero-order valence-electron chi connectivity index (χ0n) is 9.66. The summed E-state index contributed by atoms with van der Waals surface area (Å²) in [6.45, 7) is 3.82. The summed E-state index contributed by atoms with van der Waals surface area (Å²) in [5, 5.41) is 10.4. The Morgan fingerprint density at radius 1 is 0.824 bits per heavy atom. The van der Waals surface area contributed by atoms with Gasteiger partial charge in [0.25, 0.3) is 0 Å². The molecule has 2 atom stereocenters. The molecule has 2 aromatic rings. The van der Waals surface area contributed by atoms with Crippen LogP contribution >= 0.6 is 0 Å². The van der Waals surface area contributed by atoms with Gasteiger partial charge in [0.1, 0.15) is 0 Å². The lowest BCUT2D eigenvalue weighted by Gasteiger charge is -2.20. The zero-order chi connectivity index (χ0) is 12.1. The average molecular weight is 224 g/mol. The van der Waals surface area contributed by atoms with E-state index in [2.05, 4.69) is 6.58 Å². The summed E-state index contributed by atoms with van der Waals surface area (Å²) in [5.74, 6) is -0.0707. The SMILES string of the molecule is C=C[C@H](c1ccccc1)[C@H](O)c1ccccc1. The van der Waals surface area contributed by atoms with Crippen molar-refractivity contribution in [3.63, 3.8) is 0 Å². The standard InChI is InChI=1S/C16H16O/c1-2-15(13-9-5-3-6-10-13)16(17)14-11-7-4-8-12-14/h2-12,15-17H,1H2/t15-,16-/m1/s1. The van der Waals surface area contributed by atoms with E-state index in [9.17, 15) is 5.11 Å². The van der Waals surface area contributed by atoms with Crippen LogP contribution in [0.2, 0.25) is 0 Å². The number of benzene rings is 2. The minimum atomic E-state index is -0.545. The summed E-state index contributed by atoms with van der Waals surface area (Å²) in [6.07, 6.45) is 1.25. The molecule has 0 fully saturated rings. The van der Waals surface area contributed by atoms with E-state index in [1.807, 2.05) is 60.7 Å². The van der Waals surface area contributed by atoms with Crippen LogP contribution in [-0.2, 0) is 0 Å². The first-order chi connectivity index (χ1) is 8.33. The summed E-state index contributed by atoms with van der Waals surface area (Å²) in [6, 6.07) is 19.6. The molecule has 0 radical (unpaired) electrons. The lowest BCUT2D eigenvalue weighted by Crippen LogP contribution is -2.08. The molecule has 0 amide bonds. The Hall–Kier alpha value is -1.86. The molecule has 2 rings (SSSR count). The fraction of sp³-hybridized carbons (Fsp3) is 0.125. The second-order valence-electron chi connectivity index (χ2n) is 4.03. The molecule has 1 nitrogen and oxygen atoms in total. The number of aliphatic hydroxyl groups is 1. The van der Waals surface area contributed by atoms with Crippen LogP contribution < -0.4 is 0 Å². The van der Waals surface area contributed by atoms with Gasteiger partial charge in [-0.1, -0.05) is 66.7 Å². The van der Waals surface area contributed by atoms with Gasteiger partial charge in [-0.3, -0.25) is 0 Å². The quantitative estimate of drug-likeness (QED) is 0.785. The monoisotopic (exact) mass is 224 g/mol. The third kappa shape index (κ3) is 2.63. The van der Waals surface area contributed by atoms with Crippen LogP contribution in [0.4, 0.5) is 0 Å². The molecule has 0 aliphatic rings. The Morgan fingerprint density at radius 3 is 1.76 bits per heavy atom. The van der Waals surface area contributed by atoms with Gasteiger partial charge in [-0.25, -0.2) is 0 Å². The Kier molecular flexibility index (Phi) is 3.73. The molecule has 17 heavy (non-hydrogen) atoms. The topological polar surface area (TPSA) is 20.2 Å². The predicted molar refractivity (Wildman–Crippen MR) is 70.8 cm³/mol. The van der Waals surface area contributed by atoms with Crippen LogP contribution in [0.3, 0.4) is 0 Å². The van der Waals surface area contributed by atoms with Gasteiger partial charge >= 0.3 is 0 Å². The number of hydrogen-bond acceptors (Lipinski definition) is 1. The van der Waals surface area contributed by atoms with Gasteiger partial charge in [0, 0.05) is 5.92 Å². The number of rotatable bonds is 4.